The average Bonchev–Trinajstić information content (AvgIpc) is 3.48. The van der Waals surface area contributed by atoms with Crippen LogP contribution in [0.3, 0.4) is 0 Å². The first-order valence-corrected chi connectivity index (χ1v) is 8.01. The van der Waals surface area contributed by atoms with Gasteiger partial charge in [0.15, 0.2) is 5.66 Å². The van der Waals surface area contributed by atoms with Gasteiger partial charge in [0.2, 0.25) is 5.91 Å². The predicted molar refractivity (Wildman–Crippen MR) is 81.9 cm³/mol. The molecule has 1 fully saturated rings. The van der Waals surface area contributed by atoms with Crippen molar-refractivity contribution >= 4 is 5.91 Å². The molecule has 0 bridgehead atoms. The van der Waals surface area contributed by atoms with Crippen molar-refractivity contribution in [2.75, 3.05) is 0 Å². The summed E-state index contributed by atoms with van der Waals surface area (Å²) in [4.78, 5) is 18.2. The number of amides is 1. The Balaban J connectivity index is 1.58. The first-order chi connectivity index (χ1) is 11.5. The second-order valence-corrected chi connectivity index (χ2v) is 6.17. The number of nitrogens with zero attached hydrogens (tertiary/aromatic N) is 5. The Morgan fingerprint density at radius 3 is 2.79 bits per heavy atom. The van der Waals surface area contributed by atoms with Gasteiger partial charge in [0.1, 0.15) is 5.82 Å². The molecule has 0 radical (unpaired) electrons. The number of rotatable bonds is 9. The lowest BCUT2D eigenvalue weighted by Crippen LogP contribution is -2.34. The van der Waals surface area contributed by atoms with E-state index >= 15 is 0 Å². The summed E-state index contributed by atoms with van der Waals surface area (Å²) >= 11 is 0. The Morgan fingerprint density at radius 1 is 1.46 bits per heavy atom. The van der Waals surface area contributed by atoms with Crippen LogP contribution in [0.4, 0.5) is 8.78 Å². The molecule has 6 nitrogen and oxygen atoms in total. The van der Waals surface area contributed by atoms with Crippen molar-refractivity contribution < 1.29 is 13.6 Å². The van der Waals surface area contributed by atoms with Gasteiger partial charge in [0.25, 0.3) is 0 Å². The van der Waals surface area contributed by atoms with Gasteiger partial charge in [-0.1, -0.05) is 0 Å². The van der Waals surface area contributed by atoms with Gasteiger partial charge in [0, 0.05) is 44.1 Å². The van der Waals surface area contributed by atoms with Crippen LogP contribution in [0.2, 0.25) is 0 Å². The number of carbonyl (C=O) groups is 1. The van der Waals surface area contributed by atoms with E-state index in [9.17, 15) is 13.6 Å². The van der Waals surface area contributed by atoms with E-state index in [4.69, 9.17) is 6.42 Å². The molecule has 1 aromatic rings. The van der Waals surface area contributed by atoms with E-state index in [0.29, 0.717) is 19.3 Å². The zero-order chi connectivity index (χ0) is 17.2. The maximum Gasteiger partial charge on any atom is 0.319 e. The highest BCUT2D eigenvalue weighted by Crippen LogP contribution is 2.38. The summed E-state index contributed by atoms with van der Waals surface area (Å²) < 4.78 is 26.7. The van der Waals surface area contributed by atoms with Crippen LogP contribution in [-0.2, 0) is 11.3 Å². The number of terminal acetylenes is 1. The molecule has 0 aromatic carbocycles. The Morgan fingerprint density at radius 2 is 2.21 bits per heavy atom. The second kappa shape index (κ2) is 6.67. The molecule has 128 valence electrons. The van der Waals surface area contributed by atoms with Crippen molar-refractivity contribution in [2.24, 2.45) is 10.2 Å². The van der Waals surface area contributed by atoms with E-state index in [0.717, 1.165) is 17.4 Å². The number of aromatic nitrogens is 2. The Kier molecular flexibility index (Phi) is 4.60. The first-order valence-electron chi connectivity index (χ1n) is 8.01. The minimum atomic E-state index is -2.66. The molecule has 0 unspecified atom stereocenters. The molecule has 0 N–H and O–H groups in total. The van der Waals surface area contributed by atoms with Crippen molar-refractivity contribution in [3.05, 3.63) is 18.2 Å². The maximum atomic E-state index is 12.9. The largest absolute Gasteiger partial charge is 0.332 e. The van der Waals surface area contributed by atoms with Crippen LogP contribution in [0.15, 0.2) is 22.6 Å². The highest BCUT2D eigenvalue weighted by Gasteiger charge is 2.41. The number of halogens is 2. The summed E-state index contributed by atoms with van der Waals surface area (Å²) in [5, 5.41) is 8.04. The normalized spacial score (nSPS) is 17.8. The lowest BCUT2D eigenvalue weighted by molar-refractivity contribution is -0.133. The molecule has 2 heterocycles. The number of imidazole rings is 1. The molecule has 3 rings (SSSR count). The van der Waals surface area contributed by atoms with Crippen molar-refractivity contribution in [1.82, 2.24) is 14.5 Å². The van der Waals surface area contributed by atoms with Crippen LogP contribution in [0, 0.1) is 12.3 Å². The van der Waals surface area contributed by atoms with Gasteiger partial charge in [-0.15, -0.1) is 12.3 Å². The van der Waals surface area contributed by atoms with Crippen LogP contribution >= 0.6 is 0 Å². The van der Waals surface area contributed by atoms with Gasteiger partial charge in [-0.05, 0) is 12.8 Å². The van der Waals surface area contributed by atoms with Gasteiger partial charge in [-0.25, -0.2) is 4.98 Å². The molecule has 8 heteroatoms. The van der Waals surface area contributed by atoms with Gasteiger partial charge in [0.05, 0.1) is 6.54 Å². The third-order valence-corrected chi connectivity index (χ3v) is 4.37. The van der Waals surface area contributed by atoms with E-state index in [1.54, 1.807) is 4.90 Å². The van der Waals surface area contributed by atoms with Gasteiger partial charge < -0.3 is 4.90 Å². The van der Waals surface area contributed by atoms with E-state index in [1.807, 2.05) is 0 Å². The van der Waals surface area contributed by atoms with E-state index in [1.165, 1.54) is 12.4 Å². The number of hydrogen-bond donors (Lipinski definition) is 0. The maximum absolute atomic E-state index is 12.9. The van der Waals surface area contributed by atoms with E-state index in [2.05, 4.69) is 21.1 Å². The molecular weight excluding hydrogens is 316 g/mol. The predicted octanol–water partition coefficient (Wildman–Crippen LogP) is 3.12. The van der Waals surface area contributed by atoms with Crippen molar-refractivity contribution in [3.8, 4) is 12.3 Å². The lowest BCUT2D eigenvalue weighted by Gasteiger charge is -2.23. The van der Waals surface area contributed by atoms with Crippen LogP contribution in [0.5, 0.6) is 0 Å². The molecule has 24 heavy (non-hydrogen) atoms. The Hall–Kier alpha value is -2.30. The summed E-state index contributed by atoms with van der Waals surface area (Å²) in [5.74, 6) is 2.68. The summed E-state index contributed by atoms with van der Waals surface area (Å²) in [5.41, 5.74) is -0.501. The molecule has 1 saturated carbocycles. The SMILES string of the molecule is C#CCCC1(CCC(=O)N(Cc2nccn2C(F)F)C2CC2)N=N1. The van der Waals surface area contributed by atoms with Crippen molar-refractivity contribution in [2.45, 2.75) is 63.3 Å². The minimum Gasteiger partial charge on any atom is -0.332 e. The number of alkyl halides is 2. The quantitative estimate of drug-likeness (QED) is 0.651. The van der Waals surface area contributed by atoms with Gasteiger partial charge in [-0.3, -0.25) is 9.36 Å². The van der Waals surface area contributed by atoms with Gasteiger partial charge >= 0.3 is 6.55 Å². The molecule has 0 spiro atoms. The fraction of sp³-hybridized carbons (Fsp3) is 0.625. The first kappa shape index (κ1) is 16.6. The molecule has 0 atom stereocenters. The Labute approximate surface area is 139 Å². The number of hydrogen-bond acceptors (Lipinski definition) is 4. The molecule has 1 aromatic heterocycles. The molecule has 1 aliphatic heterocycles. The highest BCUT2D eigenvalue weighted by atomic mass is 19.3. The summed E-state index contributed by atoms with van der Waals surface area (Å²) in [7, 11) is 0. The van der Waals surface area contributed by atoms with Crippen LogP contribution in [0.1, 0.15) is 50.9 Å². The molecule has 1 amide bonds. The zero-order valence-corrected chi connectivity index (χ0v) is 13.2. The second-order valence-electron chi connectivity index (χ2n) is 6.17. The van der Waals surface area contributed by atoms with E-state index in [-0.39, 0.29) is 30.7 Å². The van der Waals surface area contributed by atoms with Crippen LogP contribution < -0.4 is 0 Å². The highest BCUT2D eigenvalue weighted by molar-refractivity contribution is 5.77. The van der Waals surface area contributed by atoms with Gasteiger partial charge in [-0.2, -0.15) is 19.0 Å². The number of carbonyl (C=O) groups excluding carboxylic acids is 1. The average molecular weight is 335 g/mol. The fourth-order valence-electron chi connectivity index (χ4n) is 2.72. The molecule has 1 aliphatic carbocycles. The van der Waals surface area contributed by atoms with Crippen LogP contribution in [0.25, 0.3) is 0 Å². The summed E-state index contributed by atoms with van der Waals surface area (Å²) in [6, 6.07) is 0.120. The smallest absolute Gasteiger partial charge is 0.319 e. The molecule has 0 saturated heterocycles. The standard InChI is InChI=1S/C16H19F2N5O/c1-2-3-7-16(20-21-16)8-6-14(24)23(12-4-5-12)11-13-19-9-10-22(13)15(17)18/h1,9-10,12,15H,3-8,11H2. The summed E-state index contributed by atoms with van der Waals surface area (Å²) in [6.45, 7) is -2.55. The van der Waals surface area contributed by atoms with Crippen molar-refractivity contribution in [3.63, 3.8) is 0 Å². The molecular formula is C16H19F2N5O. The lowest BCUT2D eigenvalue weighted by atomic mass is 10.0. The third kappa shape index (κ3) is 3.78. The summed E-state index contributed by atoms with van der Waals surface area (Å²) in [6.07, 6.45) is 11.6. The zero-order valence-electron chi connectivity index (χ0n) is 13.2. The minimum absolute atomic E-state index is 0.0706. The topological polar surface area (TPSA) is 62.9 Å². The Bertz CT molecular complexity index is 668. The van der Waals surface area contributed by atoms with Crippen LogP contribution in [-0.4, -0.2) is 32.1 Å². The molecule has 2 aliphatic rings. The monoisotopic (exact) mass is 335 g/mol. The third-order valence-electron chi connectivity index (χ3n) is 4.37. The van der Waals surface area contributed by atoms with E-state index < -0.39 is 12.2 Å². The fourth-order valence-corrected chi connectivity index (χ4v) is 2.72. The van der Waals surface area contributed by atoms with Crippen molar-refractivity contribution in [1.29, 1.82) is 0 Å².